The second-order valence-electron chi connectivity index (χ2n) is 6.99. The van der Waals surface area contributed by atoms with Gasteiger partial charge in [-0.15, -0.1) is 0 Å². The Morgan fingerprint density at radius 3 is 1.56 bits per heavy atom. The minimum Gasteiger partial charge on any atom is -1.00 e. The van der Waals surface area contributed by atoms with Crippen molar-refractivity contribution in [3.8, 4) is 11.1 Å². The summed E-state index contributed by atoms with van der Waals surface area (Å²) in [4.78, 5) is 4.36. The van der Waals surface area contributed by atoms with Crippen molar-refractivity contribution < 1.29 is 12.4 Å². The van der Waals surface area contributed by atoms with Gasteiger partial charge < -0.3 is 12.4 Å². The van der Waals surface area contributed by atoms with Crippen LogP contribution in [-0.4, -0.2) is 42.7 Å². The molecule has 0 amide bonds. The van der Waals surface area contributed by atoms with Crippen LogP contribution in [0, 0.1) is 0 Å². The fraction of sp³-hybridized carbons (Fsp3) is 0.174. The maximum Gasteiger partial charge on any atom is -1.00 e. The molecule has 0 atom stereocenters. The minimum atomic E-state index is 0. The number of fused-ring (bicyclic) bond motifs is 2. The van der Waals surface area contributed by atoms with Gasteiger partial charge in [0, 0.05) is 0 Å². The molecule has 3 aromatic carbocycles. The first-order chi connectivity index (χ1) is 12.5. The van der Waals surface area contributed by atoms with Gasteiger partial charge in [-0.2, -0.15) is 0 Å². The van der Waals surface area contributed by atoms with Gasteiger partial charge in [0.1, 0.15) is 0 Å². The van der Waals surface area contributed by atoms with Gasteiger partial charge in [-0.3, -0.25) is 0 Å². The zero-order chi connectivity index (χ0) is 18.3. The monoisotopic (exact) mass is 442 g/mol. The molecular formula is C23H23ClN2Se. The van der Waals surface area contributed by atoms with E-state index >= 15 is 0 Å². The maximum atomic E-state index is 2.35. The summed E-state index contributed by atoms with van der Waals surface area (Å²) >= 11 is 0.332. The van der Waals surface area contributed by atoms with Crippen LogP contribution in [0.15, 0.2) is 66.7 Å². The molecule has 4 heteroatoms. The first kappa shape index (κ1) is 19.7. The van der Waals surface area contributed by atoms with Gasteiger partial charge in [0.05, 0.1) is 0 Å². The fourth-order valence-electron chi connectivity index (χ4n) is 3.34. The van der Waals surface area contributed by atoms with Gasteiger partial charge in [0.25, 0.3) is 0 Å². The summed E-state index contributed by atoms with van der Waals surface area (Å²) in [7, 11) is 8.43. The van der Waals surface area contributed by atoms with Gasteiger partial charge in [-0.1, -0.05) is 0 Å². The zero-order valence-electron chi connectivity index (χ0n) is 16.0. The number of nitrogens with zero attached hydrogens (tertiary/aromatic N) is 2. The normalized spacial score (nSPS) is 10.7. The SMILES string of the molecule is CN(C)c1ccc2[se+]c3ccc(N(C)C)cc3c(-c3ccccc3)c2c1.[Cl-]. The van der Waals surface area contributed by atoms with Crippen molar-refractivity contribution in [2.45, 2.75) is 0 Å². The topological polar surface area (TPSA) is 6.48 Å². The van der Waals surface area contributed by atoms with E-state index in [2.05, 4.69) is 105 Å². The number of hydrogen-bond donors (Lipinski definition) is 0. The maximum absolute atomic E-state index is 2.35. The van der Waals surface area contributed by atoms with Crippen molar-refractivity contribution in [2.24, 2.45) is 0 Å². The summed E-state index contributed by atoms with van der Waals surface area (Å²) in [6.45, 7) is 0. The molecule has 0 N–H and O–H groups in total. The van der Waals surface area contributed by atoms with E-state index in [-0.39, 0.29) is 12.4 Å². The second-order valence-corrected chi connectivity index (χ2v) is 9.27. The molecule has 0 fully saturated rings. The van der Waals surface area contributed by atoms with Crippen LogP contribution >= 0.6 is 0 Å². The van der Waals surface area contributed by atoms with Crippen molar-refractivity contribution in [3.05, 3.63) is 66.7 Å². The van der Waals surface area contributed by atoms with Crippen molar-refractivity contribution >= 4 is 45.2 Å². The summed E-state index contributed by atoms with van der Waals surface area (Å²) in [6, 6.07) is 24.6. The Bertz CT molecular complexity index is 1030. The van der Waals surface area contributed by atoms with E-state index in [1.54, 1.807) is 0 Å². The second kappa shape index (κ2) is 7.90. The number of rotatable bonds is 3. The number of benzene rings is 3. The standard InChI is InChI=1S/C23H23N2Se.ClH/c1-24(2)17-10-12-21-19(14-17)23(16-8-6-5-7-9-16)20-15-18(25(3)4)11-13-22(20)26-21;/h5-15H,1-4H3;1H/q+1;/p-1. The van der Waals surface area contributed by atoms with Gasteiger partial charge in [0.2, 0.25) is 0 Å². The molecule has 0 radical (unpaired) electrons. The Hall–Kier alpha value is -2.06. The predicted molar refractivity (Wildman–Crippen MR) is 117 cm³/mol. The van der Waals surface area contributed by atoms with Crippen molar-refractivity contribution in [1.29, 1.82) is 0 Å². The summed E-state index contributed by atoms with van der Waals surface area (Å²) in [5.74, 6) is 0. The van der Waals surface area contributed by atoms with Crippen LogP contribution in [0.4, 0.5) is 11.4 Å². The first-order valence-corrected chi connectivity index (χ1v) is 10.5. The van der Waals surface area contributed by atoms with Gasteiger partial charge in [-0.25, -0.2) is 0 Å². The number of anilines is 2. The first-order valence-electron chi connectivity index (χ1n) is 8.78. The van der Waals surface area contributed by atoms with E-state index < -0.39 is 0 Å². The van der Waals surface area contributed by atoms with Crippen molar-refractivity contribution in [3.63, 3.8) is 0 Å². The molecule has 27 heavy (non-hydrogen) atoms. The summed E-state index contributed by atoms with van der Waals surface area (Å²) in [6.07, 6.45) is 0. The molecule has 0 bridgehead atoms. The van der Waals surface area contributed by atoms with Crippen molar-refractivity contribution in [2.75, 3.05) is 38.0 Å². The third kappa shape index (κ3) is 3.68. The fourth-order valence-corrected chi connectivity index (χ4v) is 5.55. The van der Waals surface area contributed by atoms with Gasteiger partial charge >= 0.3 is 161 Å². The smallest absolute Gasteiger partial charge is 1.00 e. The van der Waals surface area contributed by atoms with Gasteiger partial charge in [0.15, 0.2) is 0 Å². The van der Waals surface area contributed by atoms with Crippen LogP contribution in [0.3, 0.4) is 0 Å². The molecule has 1 aromatic heterocycles. The molecule has 0 saturated heterocycles. The molecule has 2 nitrogen and oxygen atoms in total. The van der Waals surface area contributed by atoms with E-state index in [0.717, 1.165) is 0 Å². The predicted octanol–water partition coefficient (Wildman–Crippen LogP) is 2.13. The molecule has 0 aliphatic heterocycles. The van der Waals surface area contributed by atoms with E-state index in [1.807, 2.05) is 0 Å². The number of hydrogen-bond acceptors (Lipinski definition) is 2. The molecule has 0 unspecified atom stereocenters. The Labute approximate surface area is 173 Å². The van der Waals surface area contributed by atoms with Crippen LogP contribution in [0.2, 0.25) is 0 Å². The third-order valence-corrected chi connectivity index (χ3v) is 7.20. The van der Waals surface area contributed by atoms with Gasteiger partial charge in [-0.05, 0) is 0 Å². The van der Waals surface area contributed by atoms with Crippen LogP contribution in [0.1, 0.15) is 0 Å². The van der Waals surface area contributed by atoms with E-state index in [4.69, 9.17) is 0 Å². The van der Waals surface area contributed by atoms with Crippen LogP contribution < -0.4 is 22.2 Å². The van der Waals surface area contributed by atoms with Crippen LogP contribution in [0.5, 0.6) is 0 Å². The van der Waals surface area contributed by atoms with E-state index in [0.29, 0.717) is 14.5 Å². The van der Waals surface area contributed by atoms with Crippen molar-refractivity contribution in [1.82, 2.24) is 0 Å². The summed E-state index contributed by atoms with van der Waals surface area (Å²) in [5, 5.41) is 2.76. The summed E-state index contributed by atoms with van der Waals surface area (Å²) < 4.78 is 2.93. The minimum absolute atomic E-state index is 0. The largest absolute Gasteiger partial charge is 1.00 e. The molecule has 0 saturated carbocycles. The molecule has 0 aliphatic carbocycles. The molecular weight excluding hydrogens is 419 g/mol. The Morgan fingerprint density at radius 1 is 0.630 bits per heavy atom. The van der Waals surface area contributed by atoms with E-state index in [1.165, 1.54) is 41.8 Å². The molecule has 0 spiro atoms. The average Bonchev–Trinajstić information content (AvgIpc) is 2.65. The quantitative estimate of drug-likeness (QED) is 0.355. The molecule has 4 aromatic rings. The molecule has 138 valence electrons. The molecule has 0 aliphatic rings. The van der Waals surface area contributed by atoms with Crippen LogP contribution in [0.25, 0.3) is 30.4 Å². The molecule has 1 heterocycles. The summed E-state index contributed by atoms with van der Waals surface area (Å²) in [5.41, 5.74) is 5.15. The van der Waals surface area contributed by atoms with E-state index in [9.17, 15) is 0 Å². The Balaban J connectivity index is 0.00000210. The Morgan fingerprint density at radius 2 is 1.11 bits per heavy atom. The zero-order valence-corrected chi connectivity index (χ0v) is 18.5. The third-order valence-electron chi connectivity index (χ3n) is 4.78. The molecule has 4 rings (SSSR count). The number of halogens is 1. The average molecular weight is 442 g/mol. The van der Waals surface area contributed by atoms with Crippen LogP contribution in [-0.2, 0) is 0 Å². The Kier molecular flexibility index (Phi) is 5.76.